The van der Waals surface area contributed by atoms with Crippen LogP contribution < -0.4 is 5.32 Å². The van der Waals surface area contributed by atoms with Crippen LogP contribution in [0.3, 0.4) is 0 Å². The lowest BCUT2D eigenvalue weighted by molar-refractivity contribution is 0.166. The molecular weight excluding hydrogens is 230 g/mol. The molecule has 0 saturated carbocycles. The van der Waals surface area contributed by atoms with E-state index in [1.165, 1.54) is 0 Å². The number of likely N-dealkylation sites (tertiary alicyclic amines) is 1. The topological polar surface area (TPSA) is 76.4 Å². The number of anilines is 1. The quantitative estimate of drug-likeness (QED) is 0.829. The summed E-state index contributed by atoms with van der Waals surface area (Å²) in [6.07, 6.45) is 1.77. The summed E-state index contributed by atoms with van der Waals surface area (Å²) < 4.78 is 0. The predicted molar refractivity (Wildman–Crippen MR) is 67.0 cm³/mol. The molecule has 5 heteroatoms. The lowest BCUT2D eigenvalue weighted by Gasteiger charge is -2.23. The molecule has 1 saturated heterocycles. The van der Waals surface area contributed by atoms with Gasteiger partial charge in [-0.15, -0.1) is 0 Å². The average Bonchev–Trinajstić information content (AvgIpc) is 2.88. The highest BCUT2D eigenvalue weighted by molar-refractivity contribution is 5.89. The molecule has 0 bridgehead atoms. The van der Waals surface area contributed by atoms with E-state index in [9.17, 15) is 4.79 Å². The number of nitriles is 1. The summed E-state index contributed by atoms with van der Waals surface area (Å²) in [4.78, 5) is 13.6. The number of nitrogens with zero attached hydrogens (tertiary/aromatic N) is 2. The third-order valence-electron chi connectivity index (χ3n) is 3.11. The first-order valence-electron chi connectivity index (χ1n) is 5.93. The number of aliphatic hydroxyl groups is 1. The summed E-state index contributed by atoms with van der Waals surface area (Å²) >= 11 is 0. The van der Waals surface area contributed by atoms with Crippen molar-refractivity contribution >= 4 is 11.7 Å². The van der Waals surface area contributed by atoms with Gasteiger partial charge in [-0.25, -0.2) is 4.79 Å². The van der Waals surface area contributed by atoms with Gasteiger partial charge in [-0.1, -0.05) is 0 Å². The minimum Gasteiger partial charge on any atom is -0.394 e. The van der Waals surface area contributed by atoms with Crippen molar-refractivity contribution in [1.82, 2.24) is 4.90 Å². The zero-order chi connectivity index (χ0) is 13.0. The molecule has 94 valence electrons. The highest BCUT2D eigenvalue weighted by Gasteiger charge is 2.27. The van der Waals surface area contributed by atoms with Gasteiger partial charge in [0.15, 0.2) is 0 Å². The number of aliphatic hydroxyl groups excluding tert-OH is 1. The predicted octanol–water partition coefficient (Wildman–Crippen LogP) is 1.55. The van der Waals surface area contributed by atoms with Crippen LogP contribution in [0.25, 0.3) is 0 Å². The van der Waals surface area contributed by atoms with Gasteiger partial charge in [0.1, 0.15) is 0 Å². The van der Waals surface area contributed by atoms with E-state index in [1.807, 2.05) is 6.07 Å². The first-order valence-corrected chi connectivity index (χ1v) is 5.93. The van der Waals surface area contributed by atoms with Crippen molar-refractivity contribution in [3.63, 3.8) is 0 Å². The van der Waals surface area contributed by atoms with Crippen molar-refractivity contribution in [2.45, 2.75) is 18.9 Å². The maximum atomic E-state index is 12.0. The Morgan fingerprint density at radius 3 is 2.83 bits per heavy atom. The zero-order valence-corrected chi connectivity index (χ0v) is 9.97. The van der Waals surface area contributed by atoms with E-state index < -0.39 is 0 Å². The van der Waals surface area contributed by atoms with Crippen LogP contribution in [0.15, 0.2) is 24.3 Å². The molecule has 1 fully saturated rings. The molecule has 0 radical (unpaired) electrons. The van der Waals surface area contributed by atoms with E-state index in [-0.39, 0.29) is 18.7 Å². The van der Waals surface area contributed by atoms with Crippen molar-refractivity contribution in [2.75, 3.05) is 18.5 Å². The smallest absolute Gasteiger partial charge is 0.322 e. The second-order valence-electron chi connectivity index (χ2n) is 4.29. The Balaban J connectivity index is 2.00. The molecule has 0 aromatic heterocycles. The molecule has 1 aromatic rings. The Kier molecular flexibility index (Phi) is 3.80. The van der Waals surface area contributed by atoms with Crippen LogP contribution in [0.2, 0.25) is 0 Å². The van der Waals surface area contributed by atoms with Gasteiger partial charge in [-0.05, 0) is 37.1 Å². The van der Waals surface area contributed by atoms with Gasteiger partial charge in [-0.2, -0.15) is 5.26 Å². The second kappa shape index (κ2) is 5.52. The molecule has 1 atom stereocenters. The van der Waals surface area contributed by atoms with Gasteiger partial charge in [-0.3, -0.25) is 0 Å². The second-order valence-corrected chi connectivity index (χ2v) is 4.29. The minimum atomic E-state index is -0.198. The first kappa shape index (κ1) is 12.4. The Hall–Kier alpha value is -2.06. The van der Waals surface area contributed by atoms with Gasteiger partial charge in [0, 0.05) is 12.2 Å². The van der Waals surface area contributed by atoms with Crippen LogP contribution in [0.4, 0.5) is 10.5 Å². The van der Waals surface area contributed by atoms with Crippen LogP contribution in [-0.4, -0.2) is 35.2 Å². The van der Waals surface area contributed by atoms with Gasteiger partial charge < -0.3 is 15.3 Å². The summed E-state index contributed by atoms with van der Waals surface area (Å²) in [7, 11) is 0. The molecule has 18 heavy (non-hydrogen) atoms. The van der Waals surface area contributed by atoms with Crippen LogP contribution in [0.5, 0.6) is 0 Å². The monoisotopic (exact) mass is 245 g/mol. The molecule has 2 rings (SSSR count). The molecule has 2 amide bonds. The maximum Gasteiger partial charge on any atom is 0.322 e. The van der Waals surface area contributed by atoms with Crippen molar-refractivity contribution in [3.8, 4) is 6.07 Å². The van der Waals surface area contributed by atoms with E-state index in [0.29, 0.717) is 17.8 Å². The molecule has 1 aromatic carbocycles. The largest absolute Gasteiger partial charge is 0.394 e. The molecule has 1 heterocycles. The Labute approximate surface area is 106 Å². The van der Waals surface area contributed by atoms with Crippen molar-refractivity contribution in [3.05, 3.63) is 29.8 Å². The van der Waals surface area contributed by atoms with Crippen LogP contribution in [0.1, 0.15) is 18.4 Å². The fraction of sp³-hybridized carbons (Fsp3) is 0.385. The zero-order valence-electron chi connectivity index (χ0n) is 9.97. The normalized spacial score (nSPS) is 18.4. The highest BCUT2D eigenvalue weighted by Crippen LogP contribution is 2.18. The third kappa shape index (κ3) is 2.60. The molecule has 1 aliphatic rings. The van der Waals surface area contributed by atoms with Gasteiger partial charge in [0.2, 0.25) is 0 Å². The third-order valence-corrected chi connectivity index (χ3v) is 3.11. The van der Waals surface area contributed by atoms with E-state index >= 15 is 0 Å². The fourth-order valence-electron chi connectivity index (χ4n) is 2.12. The number of hydrogen-bond donors (Lipinski definition) is 2. The molecule has 0 spiro atoms. The van der Waals surface area contributed by atoms with Crippen LogP contribution in [-0.2, 0) is 0 Å². The van der Waals surface area contributed by atoms with Gasteiger partial charge in [0.05, 0.1) is 24.3 Å². The number of nitrogens with one attached hydrogen (secondary N) is 1. The van der Waals surface area contributed by atoms with E-state index in [4.69, 9.17) is 10.4 Å². The number of amides is 2. The van der Waals surface area contributed by atoms with E-state index in [2.05, 4.69) is 5.32 Å². The summed E-state index contributed by atoms with van der Waals surface area (Å²) in [5, 5.41) is 20.6. The van der Waals surface area contributed by atoms with Crippen molar-refractivity contribution in [1.29, 1.82) is 5.26 Å². The van der Waals surface area contributed by atoms with Crippen LogP contribution >= 0.6 is 0 Å². The van der Waals surface area contributed by atoms with E-state index in [1.54, 1.807) is 29.2 Å². The number of urea groups is 1. The number of benzene rings is 1. The number of carbonyl (C=O) groups is 1. The number of carbonyl (C=O) groups excluding carboxylic acids is 1. The first-order chi connectivity index (χ1) is 8.74. The lowest BCUT2D eigenvalue weighted by Crippen LogP contribution is -2.40. The fourth-order valence-corrected chi connectivity index (χ4v) is 2.12. The standard InChI is InChI=1S/C13H15N3O2/c14-8-10-3-5-11(6-4-10)15-13(18)16-7-1-2-12(16)9-17/h3-6,12,17H,1-2,7,9H2,(H,15,18)/t12-/m0/s1. The minimum absolute atomic E-state index is 0.000784. The SMILES string of the molecule is N#Cc1ccc(NC(=O)N2CCC[C@H]2CO)cc1. The summed E-state index contributed by atoms with van der Waals surface area (Å²) in [5.41, 5.74) is 1.21. The van der Waals surface area contributed by atoms with Gasteiger partial charge >= 0.3 is 6.03 Å². The molecule has 2 N–H and O–H groups in total. The molecule has 1 aliphatic heterocycles. The van der Waals surface area contributed by atoms with Crippen molar-refractivity contribution < 1.29 is 9.90 Å². The average molecular weight is 245 g/mol. The lowest BCUT2D eigenvalue weighted by atomic mass is 10.2. The highest BCUT2D eigenvalue weighted by atomic mass is 16.3. The maximum absolute atomic E-state index is 12.0. The Morgan fingerprint density at radius 2 is 2.22 bits per heavy atom. The summed E-state index contributed by atoms with van der Waals surface area (Å²) in [6, 6.07) is 8.45. The molecule has 0 unspecified atom stereocenters. The number of hydrogen-bond acceptors (Lipinski definition) is 3. The Morgan fingerprint density at radius 1 is 1.50 bits per heavy atom. The van der Waals surface area contributed by atoms with Gasteiger partial charge in [0.25, 0.3) is 0 Å². The molecule has 5 nitrogen and oxygen atoms in total. The Bertz CT molecular complexity index is 464. The molecular formula is C13H15N3O2. The van der Waals surface area contributed by atoms with Crippen LogP contribution in [0, 0.1) is 11.3 Å². The summed E-state index contributed by atoms with van der Waals surface area (Å²) in [6.45, 7) is 0.675. The molecule has 0 aliphatic carbocycles. The van der Waals surface area contributed by atoms with E-state index in [0.717, 1.165) is 12.8 Å². The number of rotatable bonds is 2. The van der Waals surface area contributed by atoms with Crippen molar-refractivity contribution in [2.24, 2.45) is 0 Å². The summed E-state index contributed by atoms with van der Waals surface area (Å²) in [5.74, 6) is 0.